The van der Waals surface area contributed by atoms with E-state index >= 15 is 0 Å². The van der Waals surface area contributed by atoms with Gasteiger partial charge in [0.25, 0.3) is 10.0 Å². The molecule has 2 aromatic carbocycles. The van der Waals surface area contributed by atoms with Crippen LogP contribution in [0.25, 0.3) is 0 Å². The van der Waals surface area contributed by atoms with E-state index in [1.807, 2.05) is 50.2 Å². The van der Waals surface area contributed by atoms with Gasteiger partial charge in [-0.15, -0.1) is 0 Å². The third kappa shape index (κ3) is 4.12. The monoisotopic (exact) mass is 385 g/mol. The summed E-state index contributed by atoms with van der Waals surface area (Å²) in [5, 5.41) is 0. The molecular formula is C21H27N3O2S. The zero-order valence-electron chi connectivity index (χ0n) is 16.0. The summed E-state index contributed by atoms with van der Waals surface area (Å²) >= 11 is 0. The molecule has 1 heterocycles. The molecule has 4 rings (SSSR count). The van der Waals surface area contributed by atoms with Gasteiger partial charge in [0.05, 0.1) is 4.90 Å². The molecule has 2 aromatic rings. The van der Waals surface area contributed by atoms with Gasteiger partial charge < -0.3 is 4.90 Å². The maximum atomic E-state index is 12.7. The molecule has 5 nitrogen and oxygen atoms in total. The van der Waals surface area contributed by atoms with Crippen molar-refractivity contribution in [1.29, 1.82) is 0 Å². The molecule has 1 saturated heterocycles. The fourth-order valence-corrected chi connectivity index (χ4v) is 5.12. The van der Waals surface area contributed by atoms with Crippen molar-refractivity contribution in [2.75, 3.05) is 35.8 Å². The number of nitrogens with zero attached hydrogens (tertiary/aromatic N) is 2. The molecule has 1 aliphatic carbocycles. The molecule has 1 saturated carbocycles. The van der Waals surface area contributed by atoms with Crippen molar-refractivity contribution in [1.82, 2.24) is 4.90 Å². The van der Waals surface area contributed by atoms with E-state index < -0.39 is 10.0 Å². The van der Waals surface area contributed by atoms with E-state index in [0.29, 0.717) is 10.6 Å². The summed E-state index contributed by atoms with van der Waals surface area (Å²) in [4.78, 5) is 5.30. The molecule has 0 amide bonds. The van der Waals surface area contributed by atoms with Gasteiger partial charge in [-0.05, 0) is 68.1 Å². The molecule has 0 aromatic heterocycles. The molecule has 27 heavy (non-hydrogen) atoms. The minimum Gasteiger partial charge on any atom is -0.369 e. The van der Waals surface area contributed by atoms with Crippen molar-refractivity contribution >= 4 is 21.4 Å². The molecule has 0 spiro atoms. The average molecular weight is 386 g/mol. The topological polar surface area (TPSA) is 52.7 Å². The lowest BCUT2D eigenvalue weighted by Gasteiger charge is -2.36. The Morgan fingerprint density at radius 2 is 1.59 bits per heavy atom. The van der Waals surface area contributed by atoms with Gasteiger partial charge in [-0.1, -0.05) is 12.1 Å². The Morgan fingerprint density at radius 1 is 0.926 bits per heavy atom. The summed E-state index contributed by atoms with van der Waals surface area (Å²) in [6.07, 6.45) is 2.71. The van der Waals surface area contributed by atoms with Crippen LogP contribution in [0.4, 0.5) is 11.4 Å². The molecule has 6 heteroatoms. The van der Waals surface area contributed by atoms with E-state index in [1.54, 1.807) is 6.07 Å². The number of nitrogens with one attached hydrogen (secondary N) is 1. The highest BCUT2D eigenvalue weighted by Crippen LogP contribution is 2.29. The number of benzene rings is 2. The van der Waals surface area contributed by atoms with E-state index in [4.69, 9.17) is 0 Å². The SMILES string of the molecule is Cc1ccc(C)c(S(=O)(=O)Nc2ccc(N3CCN(C4CC4)CC3)cc2)c1. The first-order chi connectivity index (χ1) is 12.9. The Hall–Kier alpha value is -2.05. The van der Waals surface area contributed by atoms with Crippen molar-refractivity contribution in [3.8, 4) is 0 Å². The van der Waals surface area contributed by atoms with Crippen LogP contribution in [0.15, 0.2) is 47.4 Å². The fraction of sp³-hybridized carbons (Fsp3) is 0.429. The summed E-state index contributed by atoms with van der Waals surface area (Å²) in [7, 11) is -3.58. The van der Waals surface area contributed by atoms with Gasteiger partial charge >= 0.3 is 0 Å². The summed E-state index contributed by atoms with van der Waals surface area (Å²) in [5.74, 6) is 0. The smallest absolute Gasteiger partial charge is 0.262 e. The lowest BCUT2D eigenvalue weighted by molar-refractivity contribution is 0.248. The minimum absolute atomic E-state index is 0.336. The maximum absolute atomic E-state index is 12.7. The van der Waals surface area contributed by atoms with Crippen molar-refractivity contribution in [3.63, 3.8) is 0 Å². The van der Waals surface area contributed by atoms with Crippen LogP contribution in [0.1, 0.15) is 24.0 Å². The zero-order chi connectivity index (χ0) is 19.0. The lowest BCUT2D eigenvalue weighted by Crippen LogP contribution is -2.47. The van der Waals surface area contributed by atoms with Crippen LogP contribution in [0.2, 0.25) is 0 Å². The predicted molar refractivity (Wildman–Crippen MR) is 110 cm³/mol. The van der Waals surface area contributed by atoms with Crippen molar-refractivity contribution in [3.05, 3.63) is 53.6 Å². The first-order valence-electron chi connectivity index (χ1n) is 9.61. The molecule has 0 unspecified atom stereocenters. The fourth-order valence-electron chi connectivity index (χ4n) is 3.73. The second-order valence-corrected chi connectivity index (χ2v) is 9.33. The second kappa shape index (κ2) is 7.17. The average Bonchev–Trinajstić information content (AvgIpc) is 3.49. The molecule has 0 bridgehead atoms. The summed E-state index contributed by atoms with van der Waals surface area (Å²) < 4.78 is 28.2. The third-order valence-electron chi connectivity index (χ3n) is 5.50. The Labute approximate surface area is 162 Å². The van der Waals surface area contributed by atoms with Gasteiger partial charge in [-0.3, -0.25) is 9.62 Å². The number of hydrogen-bond donors (Lipinski definition) is 1. The highest BCUT2D eigenvalue weighted by Gasteiger charge is 2.31. The molecule has 1 N–H and O–H groups in total. The van der Waals surface area contributed by atoms with Crippen molar-refractivity contribution < 1.29 is 8.42 Å². The number of piperazine rings is 1. The second-order valence-electron chi connectivity index (χ2n) is 7.68. The van der Waals surface area contributed by atoms with Gasteiger partial charge in [0.2, 0.25) is 0 Å². The van der Waals surface area contributed by atoms with Crippen LogP contribution in [-0.4, -0.2) is 45.5 Å². The first-order valence-corrected chi connectivity index (χ1v) is 11.1. The summed E-state index contributed by atoms with van der Waals surface area (Å²) in [6, 6.07) is 14.0. The van der Waals surface area contributed by atoms with Gasteiger partial charge in [-0.2, -0.15) is 0 Å². The van der Waals surface area contributed by atoms with E-state index in [2.05, 4.69) is 14.5 Å². The number of aryl methyl sites for hydroxylation is 2. The Kier molecular flexibility index (Phi) is 4.86. The van der Waals surface area contributed by atoms with E-state index in [9.17, 15) is 8.42 Å². The number of anilines is 2. The minimum atomic E-state index is -3.58. The Bertz CT molecular complexity index is 913. The number of sulfonamides is 1. The highest BCUT2D eigenvalue weighted by atomic mass is 32.2. The van der Waals surface area contributed by atoms with E-state index in [1.165, 1.54) is 12.8 Å². The summed E-state index contributed by atoms with van der Waals surface area (Å²) in [5.41, 5.74) is 3.43. The molecule has 0 atom stereocenters. The zero-order valence-corrected chi connectivity index (χ0v) is 16.8. The van der Waals surface area contributed by atoms with E-state index in [0.717, 1.165) is 49.0 Å². The number of hydrogen-bond acceptors (Lipinski definition) is 4. The van der Waals surface area contributed by atoms with Crippen LogP contribution >= 0.6 is 0 Å². The van der Waals surface area contributed by atoms with Crippen LogP contribution < -0.4 is 9.62 Å². The van der Waals surface area contributed by atoms with Gasteiger partial charge in [0.15, 0.2) is 0 Å². The molecule has 2 aliphatic rings. The van der Waals surface area contributed by atoms with Crippen molar-refractivity contribution in [2.24, 2.45) is 0 Å². The Morgan fingerprint density at radius 3 is 2.22 bits per heavy atom. The van der Waals surface area contributed by atoms with E-state index in [-0.39, 0.29) is 0 Å². The van der Waals surface area contributed by atoms with Crippen LogP contribution in [0, 0.1) is 13.8 Å². The van der Waals surface area contributed by atoms with Gasteiger partial charge in [0.1, 0.15) is 0 Å². The molecular weight excluding hydrogens is 358 g/mol. The Balaban J connectivity index is 1.44. The molecule has 0 radical (unpaired) electrons. The number of rotatable bonds is 5. The highest BCUT2D eigenvalue weighted by molar-refractivity contribution is 7.92. The van der Waals surface area contributed by atoms with Crippen LogP contribution in [-0.2, 0) is 10.0 Å². The molecule has 2 fully saturated rings. The third-order valence-corrected chi connectivity index (χ3v) is 7.02. The first kappa shape index (κ1) is 18.3. The standard InChI is InChI=1S/C21H27N3O2S/c1-16-3-4-17(2)21(15-16)27(25,26)22-18-5-7-19(8-6-18)23-11-13-24(14-12-23)20-9-10-20/h3-8,15,20,22H,9-14H2,1-2H3. The van der Waals surface area contributed by atoms with Crippen molar-refractivity contribution in [2.45, 2.75) is 37.6 Å². The quantitative estimate of drug-likeness (QED) is 0.857. The van der Waals surface area contributed by atoms with Crippen LogP contribution in [0.5, 0.6) is 0 Å². The maximum Gasteiger partial charge on any atom is 0.262 e. The largest absolute Gasteiger partial charge is 0.369 e. The summed E-state index contributed by atoms with van der Waals surface area (Å²) in [6.45, 7) is 8.01. The predicted octanol–water partition coefficient (Wildman–Crippen LogP) is 3.39. The molecule has 1 aliphatic heterocycles. The van der Waals surface area contributed by atoms with Crippen LogP contribution in [0.3, 0.4) is 0 Å². The van der Waals surface area contributed by atoms with Gasteiger partial charge in [0, 0.05) is 43.6 Å². The normalized spacial score (nSPS) is 18.5. The van der Waals surface area contributed by atoms with Gasteiger partial charge in [-0.25, -0.2) is 8.42 Å². The lowest BCUT2D eigenvalue weighted by atomic mass is 10.2. The molecule has 144 valence electrons.